The normalized spacial score (nSPS) is 17.9. The zero-order valence-corrected chi connectivity index (χ0v) is 18.1. The Bertz CT molecular complexity index is 1120. The molecule has 1 spiro atoms. The van der Waals surface area contributed by atoms with Gasteiger partial charge >= 0.3 is 0 Å². The number of nitrogens with one attached hydrogen (secondary N) is 2. The van der Waals surface area contributed by atoms with E-state index in [0.717, 1.165) is 32.2 Å². The van der Waals surface area contributed by atoms with Gasteiger partial charge < -0.3 is 10.2 Å². The van der Waals surface area contributed by atoms with Gasteiger partial charge in [0.2, 0.25) is 15.9 Å². The van der Waals surface area contributed by atoms with E-state index in [1.54, 1.807) is 17.8 Å². The zero-order chi connectivity index (χ0) is 21.7. The molecule has 1 aliphatic heterocycles. The summed E-state index contributed by atoms with van der Waals surface area (Å²) < 4.78 is 27.0. The molecule has 0 atom stereocenters. The van der Waals surface area contributed by atoms with Crippen LogP contribution < -0.4 is 10.0 Å². The van der Waals surface area contributed by atoms with Crippen molar-refractivity contribution in [2.24, 2.45) is 5.41 Å². The number of amides is 2. The first kappa shape index (κ1) is 20.7. The third-order valence-corrected chi connectivity index (χ3v) is 6.36. The first-order valence-electron chi connectivity index (χ1n) is 9.41. The number of hydrogen-bond acceptors (Lipinski definition) is 5. The van der Waals surface area contributed by atoms with Crippen molar-refractivity contribution >= 4 is 44.8 Å². The van der Waals surface area contributed by atoms with Gasteiger partial charge in [0.15, 0.2) is 0 Å². The number of sulfonamides is 1. The molecule has 2 N–H and O–H groups in total. The summed E-state index contributed by atoms with van der Waals surface area (Å²) in [5, 5.41) is 7.32. The summed E-state index contributed by atoms with van der Waals surface area (Å²) in [5.74, 6) is -0.257. The molecule has 1 aromatic heterocycles. The van der Waals surface area contributed by atoms with Crippen molar-refractivity contribution in [2.45, 2.75) is 25.8 Å². The third-order valence-electron chi connectivity index (χ3n) is 5.53. The molecule has 2 fully saturated rings. The van der Waals surface area contributed by atoms with E-state index in [1.807, 2.05) is 4.90 Å². The van der Waals surface area contributed by atoms with Gasteiger partial charge in [-0.15, -0.1) is 0 Å². The highest BCUT2D eigenvalue weighted by Gasteiger charge is 2.53. The molecule has 1 saturated carbocycles. The van der Waals surface area contributed by atoms with Crippen LogP contribution in [0.15, 0.2) is 30.6 Å². The lowest BCUT2D eigenvalue weighted by Gasteiger charge is -2.58. The van der Waals surface area contributed by atoms with Gasteiger partial charge in [-0.05, 0) is 31.0 Å². The maximum atomic E-state index is 12.6. The van der Waals surface area contributed by atoms with Crippen molar-refractivity contribution in [1.82, 2.24) is 14.7 Å². The molecular formula is C19H22ClN5O4S. The van der Waals surface area contributed by atoms with Crippen molar-refractivity contribution in [3.8, 4) is 0 Å². The molecule has 2 aromatic rings. The zero-order valence-electron chi connectivity index (χ0n) is 16.6. The Morgan fingerprint density at radius 2 is 1.87 bits per heavy atom. The molecular weight excluding hydrogens is 430 g/mol. The van der Waals surface area contributed by atoms with Crippen molar-refractivity contribution in [3.63, 3.8) is 0 Å². The average Bonchev–Trinajstić information content (AvgIpc) is 2.99. The predicted molar refractivity (Wildman–Crippen MR) is 113 cm³/mol. The summed E-state index contributed by atoms with van der Waals surface area (Å²) in [4.78, 5) is 25.8. The van der Waals surface area contributed by atoms with E-state index < -0.39 is 10.0 Å². The number of rotatable bonds is 5. The Hall–Kier alpha value is -2.59. The van der Waals surface area contributed by atoms with Crippen LogP contribution in [0.5, 0.6) is 0 Å². The van der Waals surface area contributed by atoms with Crippen molar-refractivity contribution in [1.29, 1.82) is 0 Å². The molecule has 1 aliphatic carbocycles. The highest BCUT2D eigenvalue weighted by Crippen LogP contribution is 2.53. The SMILES string of the molecule is CC(=O)N1CC2(CC(n3cc(C(=O)Nc4cc(Cl)cc(NS(C)(=O)=O)c4)cn3)C2)C1. The summed E-state index contributed by atoms with van der Waals surface area (Å²) >= 11 is 6.03. The fourth-order valence-corrected chi connectivity index (χ4v) is 4.95. The van der Waals surface area contributed by atoms with Crippen LogP contribution in [0.4, 0.5) is 11.4 Å². The quantitative estimate of drug-likeness (QED) is 0.724. The molecule has 2 heterocycles. The molecule has 9 nitrogen and oxygen atoms in total. The lowest BCUT2D eigenvalue weighted by molar-refractivity contribution is -0.151. The van der Waals surface area contributed by atoms with Crippen LogP contribution in [0.1, 0.15) is 36.2 Å². The highest BCUT2D eigenvalue weighted by molar-refractivity contribution is 7.92. The van der Waals surface area contributed by atoms with E-state index in [9.17, 15) is 18.0 Å². The standard InChI is InChI=1S/C19H22ClN5O4S/c1-12(26)24-10-19(11-24)6-17(7-19)25-9-13(8-21-25)18(27)22-15-3-14(20)4-16(5-15)23-30(2,28)29/h3-5,8-9,17,23H,6-7,10-11H2,1-2H3,(H,22,27). The fourth-order valence-electron chi connectivity index (χ4n) is 4.16. The lowest BCUT2D eigenvalue weighted by Crippen LogP contribution is -2.63. The molecule has 2 aliphatic rings. The molecule has 11 heteroatoms. The molecule has 160 valence electrons. The molecule has 2 amide bonds. The highest BCUT2D eigenvalue weighted by atomic mass is 35.5. The molecule has 4 rings (SSSR count). The monoisotopic (exact) mass is 451 g/mol. The second kappa shape index (κ2) is 7.28. The lowest BCUT2D eigenvalue weighted by atomic mass is 9.60. The van der Waals surface area contributed by atoms with Gasteiger partial charge in [-0.1, -0.05) is 11.6 Å². The minimum absolute atomic E-state index is 0.109. The van der Waals surface area contributed by atoms with Crippen LogP contribution in [-0.4, -0.2) is 54.3 Å². The predicted octanol–water partition coefficient (Wildman–Crippen LogP) is 2.34. The van der Waals surface area contributed by atoms with Gasteiger partial charge in [-0.2, -0.15) is 5.10 Å². The van der Waals surface area contributed by atoms with E-state index in [-0.39, 0.29) is 34.0 Å². The van der Waals surface area contributed by atoms with Gasteiger partial charge in [-0.3, -0.25) is 19.0 Å². The van der Waals surface area contributed by atoms with Crippen molar-refractivity contribution in [3.05, 3.63) is 41.2 Å². The Labute approximate surface area is 179 Å². The smallest absolute Gasteiger partial charge is 0.258 e. The topological polar surface area (TPSA) is 113 Å². The number of anilines is 2. The van der Waals surface area contributed by atoms with E-state index in [2.05, 4.69) is 15.1 Å². The van der Waals surface area contributed by atoms with Gasteiger partial charge in [0.25, 0.3) is 5.91 Å². The number of nitrogens with zero attached hydrogens (tertiary/aromatic N) is 3. The van der Waals surface area contributed by atoms with Gasteiger partial charge in [0, 0.05) is 42.3 Å². The minimum Gasteiger partial charge on any atom is -0.342 e. The number of halogens is 1. The first-order chi connectivity index (χ1) is 14.0. The number of carbonyl (C=O) groups is 2. The van der Waals surface area contributed by atoms with E-state index in [1.165, 1.54) is 24.4 Å². The number of likely N-dealkylation sites (tertiary alicyclic amines) is 1. The van der Waals surface area contributed by atoms with Gasteiger partial charge in [0.05, 0.1) is 29.7 Å². The summed E-state index contributed by atoms with van der Waals surface area (Å²) in [6.07, 6.45) is 6.12. The van der Waals surface area contributed by atoms with Crippen molar-refractivity contribution in [2.75, 3.05) is 29.4 Å². The molecule has 0 bridgehead atoms. The molecule has 1 aromatic carbocycles. The average molecular weight is 452 g/mol. The fraction of sp³-hybridized carbons (Fsp3) is 0.421. The number of hydrogen-bond donors (Lipinski definition) is 2. The van der Waals surface area contributed by atoms with Crippen LogP contribution in [0, 0.1) is 5.41 Å². The largest absolute Gasteiger partial charge is 0.342 e. The maximum absolute atomic E-state index is 12.6. The van der Waals surface area contributed by atoms with Crippen molar-refractivity contribution < 1.29 is 18.0 Å². The Balaban J connectivity index is 1.38. The summed E-state index contributed by atoms with van der Waals surface area (Å²) in [6.45, 7) is 3.18. The number of benzene rings is 1. The second-order valence-electron chi connectivity index (χ2n) is 8.20. The van der Waals surface area contributed by atoms with Crippen LogP contribution in [0.2, 0.25) is 5.02 Å². The van der Waals surface area contributed by atoms with E-state index >= 15 is 0 Å². The molecule has 0 unspecified atom stereocenters. The van der Waals surface area contributed by atoms with Crippen LogP contribution in [0.25, 0.3) is 0 Å². The first-order valence-corrected chi connectivity index (χ1v) is 11.7. The summed E-state index contributed by atoms with van der Waals surface area (Å²) in [6, 6.07) is 4.70. The molecule has 1 saturated heterocycles. The molecule has 30 heavy (non-hydrogen) atoms. The van der Waals surface area contributed by atoms with Crippen LogP contribution in [-0.2, 0) is 14.8 Å². The summed E-state index contributed by atoms with van der Waals surface area (Å²) in [7, 11) is -3.47. The number of aromatic nitrogens is 2. The van der Waals surface area contributed by atoms with Crippen LogP contribution >= 0.6 is 11.6 Å². The molecule has 0 radical (unpaired) electrons. The van der Waals surface area contributed by atoms with Gasteiger partial charge in [-0.25, -0.2) is 8.42 Å². The Kier molecular flexibility index (Phi) is 5.01. The Morgan fingerprint density at radius 1 is 1.20 bits per heavy atom. The van der Waals surface area contributed by atoms with E-state index in [4.69, 9.17) is 11.6 Å². The maximum Gasteiger partial charge on any atom is 0.258 e. The van der Waals surface area contributed by atoms with Crippen LogP contribution in [0.3, 0.4) is 0 Å². The number of carbonyl (C=O) groups excluding carboxylic acids is 2. The third kappa shape index (κ3) is 4.29. The second-order valence-corrected chi connectivity index (χ2v) is 10.4. The van der Waals surface area contributed by atoms with E-state index in [0.29, 0.717) is 11.3 Å². The minimum atomic E-state index is -3.47. The summed E-state index contributed by atoms with van der Waals surface area (Å²) in [5.41, 5.74) is 1.23. The van der Waals surface area contributed by atoms with Gasteiger partial charge in [0.1, 0.15) is 0 Å². The Morgan fingerprint density at radius 3 is 2.50 bits per heavy atom.